The Morgan fingerprint density at radius 2 is 2.03 bits per heavy atom. The Kier molecular flexibility index (Phi) is 8.04. The molecule has 1 heterocycles. The molecule has 3 rings (SSSR count). The van der Waals surface area contributed by atoms with Crippen molar-refractivity contribution in [3.8, 4) is 0 Å². The number of nitrogens with zero attached hydrogens (tertiary/aromatic N) is 2. The van der Waals surface area contributed by atoms with Gasteiger partial charge in [-0.15, -0.1) is 0 Å². The minimum atomic E-state index is -0.768. The lowest BCUT2D eigenvalue weighted by Gasteiger charge is -2.39. The monoisotopic (exact) mass is 479 g/mol. The molecule has 0 aliphatic heterocycles. The molecule has 1 saturated carbocycles. The number of halogens is 2. The summed E-state index contributed by atoms with van der Waals surface area (Å²) in [4.78, 5) is 46.0. The number of carbonyl (C=O) groups is 3. The molecule has 0 spiro atoms. The second kappa shape index (κ2) is 10.8. The van der Waals surface area contributed by atoms with Crippen molar-refractivity contribution in [3.63, 3.8) is 0 Å². The first kappa shape index (κ1) is 24.7. The van der Waals surface area contributed by atoms with E-state index in [4.69, 9.17) is 22.1 Å². The van der Waals surface area contributed by atoms with E-state index in [2.05, 4.69) is 15.3 Å². The standard InChI is InChI=1S/C22H27ClFN5O4/c1-12(10-33-2)29(22(32)19-18(20(25)30)26-11-27-19)15-6-3-13(4-7-15)21(31)28-17-8-5-14(24)9-16(17)23/h5,8-9,11-13,15H,3-4,6-7,10H2,1-2H3,(H2,25,30)(H,26,27)(H,28,31)/t12-,13-,15-/m0/s1. The third kappa shape index (κ3) is 5.69. The van der Waals surface area contributed by atoms with Gasteiger partial charge in [0.15, 0.2) is 5.69 Å². The van der Waals surface area contributed by atoms with Crippen molar-refractivity contribution in [2.24, 2.45) is 11.7 Å². The van der Waals surface area contributed by atoms with E-state index in [9.17, 15) is 18.8 Å². The van der Waals surface area contributed by atoms with Crippen LogP contribution in [0.3, 0.4) is 0 Å². The summed E-state index contributed by atoms with van der Waals surface area (Å²) < 4.78 is 18.5. The number of benzene rings is 1. The first-order valence-electron chi connectivity index (χ1n) is 10.6. The van der Waals surface area contributed by atoms with Crippen LogP contribution in [0.4, 0.5) is 10.1 Å². The molecular formula is C22H27ClFN5O4. The summed E-state index contributed by atoms with van der Waals surface area (Å²) in [5, 5.41) is 2.89. The first-order chi connectivity index (χ1) is 15.7. The van der Waals surface area contributed by atoms with Gasteiger partial charge < -0.3 is 25.7 Å². The molecule has 1 aliphatic carbocycles. The first-order valence-corrected chi connectivity index (χ1v) is 11.0. The predicted octanol–water partition coefficient (Wildman–Crippen LogP) is 2.98. The highest BCUT2D eigenvalue weighted by Crippen LogP contribution is 2.32. The fourth-order valence-electron chi connectivity index (χ4n) is 4.26. The Bertz CT molecular complexity index is 1020. The highest BCUT2D eigenvalue weighted by molar-refractivity contribution is 6.33. The summed E-state index contributed by atoms with van der Waals surface area (Å²) in [6.07, 6.45) is 3.50. The Morgan fingerprint density at radius 1 is 1.33 bits per heavy atom. The van der Waals surface area contributed by atoms with Gasteiger partial charge in [0, 0.05) is 19.1 Å². The number of hydrogen-bond acceptors (Lipinski definition) is 5. The lowest BCUT2D eigenvalue weighted by atomic mass is 9.84. The fourth-order valence-corrected chi connectivity index (χ4v) is 4.47. The van der Waals surface area contributed by atoms with Crippen molar-refractivity contribution >= 4 is 35.0 Å². The normalized spacial score (nSPS) is 19.0. The maximum atomic E-state index is 13.3. The summed E-state index contributed by atoms with van der Waals surface area (Å²) >= 11 is 6.01. The topological polar surface area (TPSA) is 130 Å². The molecule has 0 saturated heterocycles. The lowest BCUT2D eigenvalue weighted by Crippen LogP contribution is -2.50. The molecule has 4 N–H and O–H groups in total. The van der Waals surface area contributed by atoms with Crippen LogP contribution in [0, 0.1) is 11.7 Å². The highest BCUT2D eigenvalue weighted by atomic mass is 35.5. The number of imidazole rings is 1. The van der Waals surface area contributed by atoms with Crippen LogP contribution >= 0.6 is 11.6 Å². The number of primary amides is 1. The number of aromatic nitrogens is 2. The summed E-state index contributed by atoms with van der Waals surface area (Å²) in [6, 6.07) is 3.35. The maximum Gasteiger partial charge on any atom is 0.275 e. The van der Waals surface area contributed by atoms with E-state index < -0.39 is 17.6 Å². The molecule has 1 atom stereocenters. The van der Waals surface area contributed by atoms with Gasteiger partial charge in [-0.25, -0.2) is 9.37 Å². The second-order valence-corrected chi connectivity index (χ2v) is 8.53. The number of nitrogens with two attached hydrogens (primary N) is 1. The fraction of sp³-hybridized carbons (Fsp3) is 0.455. The largest absolute Gasteiger partial charge is 0.383 e. The molecule has 1 fully saturated rings. The number of nitrogens with one attached hydrogen (secondary N) is 2. The van der Waals surface area contributed by atoms with E-state index in [-0.39, 0.29) is 40.3 Å². The third-order valence-electron chi connectivity index (χ3n) is 5.86. The molecule has 178 valence electrons. The Hall–Kier alpha value is -2.98. The molecule has 3 amide bonds. The van der Waals surface area contributed by atoms with Gasteiger partial charge in [0.05, 0.1) is 29.7 Å². The summed E-state index contributed by atoms with van der Waals surface area (Å²) in [6.45, 7) is 2.15. The van der Waals surface area contributed by atoms with Gasteiger partial charge in [0.1, 0.15) is 11.5 Å². The van der Waals surface area contributed by atoms with Crippen LogP contribution < -0.4 is 11.1 Å². The average Bonchev–Trinajstić information content (AvgIpc) is 3.27. The summed E-state index contributed by atoms with van der Waals surface area (Å²) in [5.74, 6) is -2.14. The van der Waals surface area contributed by atoms with Crippen molar-refractivity contribution in [1.82, 2.24) is 14.9 Å². The Morgan fingerprint density at radius 3 is 2.64 bits per heavy atom. The van der Waals surface area contributed by atoms with Crippen LogP contribution in [0.2, 0.25) is 5.02 Å². The number of carbonyl (C=O) groups excluding carboxylic acids is 3. The van der Waals surface area contributed by atoms with E-state index in [1.165, 1.54) is 18.5 Å². The highest BCUT2D eigenvalue weighted by Gasteiger charge is 2.36. The number of rotatable bonds is 8. The smallest absolute Gasteiger partial charge is 0.275 e. The lowest BCUT2D eigenvalue weighted by molar-refractivity contribution is -0.121. The van der Waals surface area contributed by atoms with Gasteiger partial charge in [-0.1, -0.05) is 11.6 Å². The van der Waals surface area contributed by atoms with Crippen LogP contribution in [0.25, 0.3) is 0 Å². The van der Waals surface area contributed by atoms with Crippen LogP contribution in [-0.2, 0) is 9.53 Å². The van der Waals surface area contributed by atoms with Crippen molar-refractivity contribution < 1.29 is 23.5 Å². The zero-order valence-electron chi connectivity index (χ0n) is 18.4. The molecule has 11 heteroatoms. The van der Waals surface area contributed by atoms with Gasteiger partial charge in [0.2, 0.25) is 5.91 Å². The SMILES string of the molecule is COC[C@H](C)N(C(=O)c1nc[nH]c1C(N)=O)[C@H]1CC[C@H](C(=O)Nc2ccc(F)cc2Cl)CC1. The molecule has 0 bridgehead atoms. The number of anilines is 1. The second-order valence-electron chi connectivity index (χ2n) is 8.13. The Labute approximate surface area is 195 Å². The molecule has 2 aromatic rings. The van der Waals surface area contributed by atoms with Gasteiger partial charge in [-0.2, -0.15) is 0 Å². The van der Waals surface area contributed by atoms with Gasteiger partial charge >= 0.3 is 0 Å². The number of H-pyrrole nitrogens is 1. The molecule has 0 radical (unpaired) electrons. The number of hydrogen-bond donors (Lipinski definition) is 3. The minimum absolute atomic E-state index is 0.0312. The van der Waals surface area contributed by atoms with Gasteiger partial charge in [0.25, 0.3) is 11.8 Å². The molecule has 1 aromatic carbocycles. The zero-order valence-corrected chi connectivity index (χ0v) is 19.2. The quantitative estimate of drug-likeness (QED) is 0.535. The van der Waals surface area contributed by atoms with Crippen molar-refractivity contribution in [2.45, 2.75) is 44.7 Å². The van der Waals surface area contributed by atoms with Crippen LogP contribution in [-0.4, -0.2) is 58.4 Å². The van der Waals surface area contributed by atoms with E-state index in [0.29, 0.717) is 38.0 Å². The summed E-state index contributed by atoms with van der Waals surface area (Å²) in [7, 11) is 1.55. The maximum absolute atomic E-state index is 13.3. The number of aromatic amines is 1. The molecule has 33 heavy (non-hydrogen) atoms. The Balaban J connectivity index is 1.70. The van der Waals surface area contributed by atoms with E-state index in [1.807, 2.05) is 6.92 Å². The van der Waals surface area contributed by atoms with Crippen LogP contribution in [0.5, 0.6) is 0 Å². The van der Waals surface area contributed by atoms with Crippen molar-refractivity contribution in [1.29, 1.82) is 0 Å². The summed E-state index contributed by atoms with van der Waals surface area (Å²) in [5.41, 5.74) is 5.64. The zero-order chi connectivity index (χ0) is 24.1. The van der Waals surface area contributed by atoms with Crippen molar-refractivity contribution in [3.05, 3.63) is 46.8 Å². The van der Waals surface area contributed by atoms with E-state index in [0.717, 1.165) is 6.07 Å². The third-order valence-corrected chi connectivity index (χ3v) is 6.17. The number of ether oxygens (including phenoxy) is 1. The van der Waals surface area contributed by atoms with E-state index >= 15 is 0 Å². The predicted molar refractivity (Wildman–Crippen MR) is 120 cm³/mol. The molecular weight excluding hydrogens is 453 g/mol. The van der Waals surface area contributed by atoms with Crippen molar-refractivity contribution in [2.75, 3.05) is 19.0 Å². The molecule has 1 aliphatic rings. The molecule has 0 unspecified atom stereocenters. The number of methoxy groups -OCH3 is 1. The van der Waals surface area contributed by atoms with Gasteiger partial charge in [-0.05, 0) is 50.8 Å². The number of amides is 3. The van der Waals surface area contributed by atoms with Crippen LogP contribution in [0.1, 0.15) is 53.6 Å². The van der Waals surface area contributed by atoms with E-state index in [1.54, 1.807) is 12.0 Å². The van der Waals surface area contributed by atoms with Gasteiger partial charge in [-0.3, -0.25) is 14.4 Å². The molecule has 9 nitrogen and oxygen atoms in total. The minimum Gasteiger partial charge on any atom is -0.383 e. The van der Waals surface area contributed by atoms with Crippen LogP contribution in [0.15, 0.2) is 24.5 Å². The molecule has 1 aromatic heterocycles. The average molecular weight is 480 g/mol.